The van der Waals surface area contributed by atoms with Gasteiger partial charge >= 0.3 is 6.18 Å². The number of likely N-dealkylation sites (tertiary alicyclic amines) is 1. The van der Waals surface area contributed by atoms with Crippen LogP contribution in [0.1, 0.15) is 48.5 Å². The molecule has 0 unspecified atom stereocenters. The lowest BCUT2D eigenvalue weighted by molar-refractivity contribution is -0.137. The molecule has 1 N–H and O–H groups in total. The Hall–Kier alpha value is -2.34. The van der Waals surface area contributed by atoms with Crippen LogP contribution in [0.3, 0.4) is 0 Å². The summed E-state index contributed by atoms with van der Waals surface area (Å²) in [6, 6.07) is 12.1. The standard InChI is InChI=1S/C23H27F3N2O/c1-2-3-14-28-15-12-19(13-16-28)27-22(29)21-7-5-4-6-20(21)17-8-10-18(11-9-17)23(24,25)26/h4-11,19H,2-3,12-16H2,1H3,(H,27,29). The fraction of sp³-hybridized carbons (Fsp3) is 0.435. The van der Waals surface area contributed by atoms with Crippen LogP contribution in [0, 0.1) is 0 Å². The average molecular weight is 404 g/mol. The van der Waals surface area contributed by atoms with E-state index < -0.39 is 11.7 Å². The number of carbonyl (C=O) groups excluding carboxylic acids is 1. The molecule has 1 aliphatic heterocycles. The average Bonchev–Trinajstić information content (AvgIpc) is 2.73. The maximum atomic E-state index is 12.9. The van der Waals surface area contributed by atoms with Crippen LogP contribution in [0.2, 0.25) is 0 Å². The third kappa shape index (κ3) is 5.60. The Bertz CT molecular complexity index is 810. The number of nitrogens with zero attached hydrogens (tertiary/aromatic N) is 1. The molecule has 1 saturated heterocycles. The number of carbonyl (C=O) groups is 1. The van der Waals surface area contributed by atoms with Gasteiger partial charge in [-0.1, -0.05) is 43.7 Å². The second kappa shape index (κ2) is 9.44. The van der Waals surface area contributed by atoms with Gasteiger partial charge in [-0.2, -0.15) is 13.2 Å². The van der Waals surface area contributed by atoms with Gasteiger partial charge in [0, 0.05) is 24.7 Å². The Balaban J connectivity index is 1.68. The van der Waals surface area contributed by atoms with Gasteiger partial charge in [-0.05, 0) is 55.1 Å². The van der Waals surface area contributed by atoms with Crippen LogP contribution >= 0.6 is 0 Å². The lowest BCUT2D eigenvalue weighted by Crippen LogP contribution is -2.44. The number of piperidine rings is 1. The summed E-state index contributed by atoms with van der Waals surface area (Å²) < 4.78 is 38.5. The van der Waals surface area contributed by atoms with Crippen molar-refractivity contribution in [3.05, 3.63) is 59.7 Å². The molecule has 1 aliphatic rings. The first-order chi connectivity index (χ1) is 13.9. The summed E-state index contributed by atoms with van der Waals surface area (Å²) in [4.78, 5) is 15.3. The highest BCUT2D eigenvalue weighted by Gasteiger charge is 2.30. The summed E-state index contributed by atoms with van der Waals surface area (Å²) in [6.07, 6.45) is -0.174. The summed E-state index contributed by atoms with van der Waals surface area (Å²) in [5, 5.41) is 3.11. The molecular formula is C23H27F3N2O. The second-order valence-corrected chi connectivity index (χ2v) is 7.56. The fourth-order valence-corrected chi connectivity index (χ4v) is 3.72. The molecule has 0 saturated carbocycles. The Kier molecular flexibility index (Phi) is 6.96. The Morgan fingerprint density at radius 3 is 2.34 bits per heavy atom. The molecule has 29 heavy (non-hydrogen) atoms. The minimum absolute atomic E-state index is 0.126. The van der Waals surface area contributed by atoms with Gasteiger partial charge in [0.25, 0.3) is 5.91 Å². The summed E-state index contributed by atoms with van der Waals surface area (Å²) in [5.74, 6) is -0.174. The van der Waals surface area contributed by atoms with E-state index >= 15 is 0 Å². The Morgan fingerprint density at radius 2 is 1.72 bits per heavy atom. The number of hydrogen-bond donors (Lipinski definition) is 1. The number of alkyl halides is 3. The first-order valence-corrected chi connectivity index (χ1v) is 10.2. The maximum Gasteiger partial charge on any atom is 0.416 e. The first kappa shape index (κ1) is 21.4. The van der Waals surface area contributed by atoms with Crippen molar-refractivity contribution in [2.75, 3.05) is 19.6 Å². The van der Waals surface area contributed by atoms with Crippen molar-refractivity contribution in [3.8, 4) is 11.1 Å². The predicted octanol–water partition coefficient (Wildman–Crippen LogP) is 5.37. The van der Waals surface area contributed by atoms with Gasteiger partial charge in [-0.3, -0.25) is 4.79 Å². The molecule has 2 aromatic carbocycles. The SMILES string of the molecule is CCCCN1CCC(NC(=O)c2ccccc2-c2ccc(C(F)(F)F)cc2)CC1. The topological polar surface area (TPSA) is 32.3 Å². The van der Waals surface area contributed by atoms with Gasteiger partial charge in [-0.25, -0.2) is 0 Å². The zero-order valence-corrected chi connectivity index (χ0v) is 16.6. The molecule has 0 bridgehead atoms. The molecule has 1 fully saturated rings. The monoisotopic (exact) mass is 404 g/mol. The zero-order chi connectivity index (χ0) is 20.9. The molecule has 1 amide bonds. The van der Waals surface area contributed by atoms with E-state index in [-0.39, 0.29) is 11.9 Å². The van der Waals surface area contributed by atoms with E-state index in [9.17, 15) is 18.0 Å². The van der Waals surface area contributed by atoms with E-state index in [0.29, 0.717) is 16.7 Å². The number of hydrogen-bond acceptors (Lipinski definition) is 2. The largest absolute Gasteiger partial charge is 0.416 e. The quantitative estimate of drug-likeness (QED) is 0.702. The fourth-order valence-electron chi connectivity index (χ4n) is 3.72. The van der Waals surface area contributed by atoms with Crippen molar-refractivity contribution >= 4 is 5.91 Å². The first-order valence-electron chi connectivity index (χ1n) is 10.2. The van der Waals surface area contributed by atoms with E-state index in [0.717, 1.165) is 44.6 Å². The lowest BCUT2D eigenvalue weighted by Gasteiger charge is -2.32. The van der Waals surface area contributed by atoms with Crippen molar-refractivity contribution < 1.29 is 18.0 Å². The Labute approximate surface area is 169 Å². The lowest BCUT2D eigenvalue weighted by atomic mass is 9.97. The van der Waals surface area contributed by atoms with Gasteiger partial charge in [0.2, 0.25) is 0 Å². The maximum absolute atomic E-state index is 12.9. The van der Waals surface area contributed by atoms with Crippen molar-refractivity contribution in [1.82, 2.24) is 10.2 Å². The van der Waals surface area contributed by atoms with Gasteiger partial charge in [-0.15, -0.1) is 0 Å². The predicted molar refractivity (Wildman–Crippen MR) is 109 cm³/mol. The van der Waals surface area contributed by atoms with Crippen molar-refractivity contribution in [1.29, 1.82) is 0 Å². The number of amides is 1. The number of halogens is 3. The number of benzene rings is 2. The highest BCUT2D eigenvalue weighted by molar-refractivity contribution is 6.01. The molecule has 156 valence electrons. The van der Waals surface area contributed by atoms with Gasteiger partial charge in [0.1, 0.15) is 0 Å². The van der Waals surface area contributed by atoms with E-state index in [2.05, 4.69) is 17.1 Å². The second-order valence-electron chi connectivity index (χ2n) is 7.56. The van der Waals surface area contributed by atoms with Crippen LogP contribution in [0.25, 0.3) is 11.1 Å². The van der Waals surface area contributed by atoms with Gasteiger partial charge in [0.15, 0.2) is 0 Å². The summed E-state index contributed by atoms with van der Waals surface area (Å²) >= 11 is 0. The smallest absolute Gasteiger partial charge is 0.349 e. The van der Waals surface area contributed by atoms with Gasteiger partial charge in [0.05, 0.1) is 5.56 Å². The van der Waals surface area contributed by atoms with Crippen LogP contribution in [0.4, 0.5) is 13.2 Å². The van der Waals surface area contributed by atoms with Crippen LogP contribution in [0.15, 0.2) is 48.5 Å². The summed E-state index contributed by atoms with van der Waals surface area (Å²) in [6.45, 7) is 5.24. The molecule has 0 radical (unpaired) electrons. The molecule has 0 spiro atoms. The van der Waals surface area contributed by atoms with Crippen LogP contribution < -0.4 is 5.32 Å². The van der Waals surface area contributed by atoms with E-state index in [1.54, 1.807) is 24.3 Å². The molecular weight excluding hydrogens is 377 g/mol. The highest BCUT2D eigenvalue weighted by Crippen LogP contribution is 2.32. The Morgan fingerprint density at radius 1 is 1.07 bits per heavy atom. The zero-order valence-electron chi connectivity index (χ0n) is 16.6. The van der Waals surface area contributed by atoms with Gasteiger partial charge < -0.3 is 10.2 Å². The minimum Gasteiger partial charge on any atom is -0.349 e. The normalized spacial score (nSPS) is 16.0. The van der Waals surface area contributed by atoms with Crippen molar-refractivity contribution in [2.24, 2.45) is 0 Å². The third-order valence-electron chi connectivity index (χ3n) is 5.45. The number of unbranched alkanes of at least 4 members (excludes halogenated alkanes) is 1. The van der Waals surface area contributed by atoms with Crippen LogP contribution in [-0.2, 0) is 6.18 Å². The summed E-state index contributed by atoms with van der Waals surface area (Å²) in [5.41, 5.74) is 1.02. The highest BCUT2D eigenvalue weighted by atomic mass is 19.4. The van der Waals surface area contributed by atoms with Crippen LogP contribution in [-0.4, -0.2) is 36.5 Å². The van der Waals surface area contributed by atoms with E-state index in [4.69, 9.17) is 0 Å². The molecule has 0 aliphatic carbocycles. The van der Waals surface area contributed by atoms with E-state index in [1.807, 2.05) is 0 Å². The van der Waals surface area contributed by atoms with Crippen molar-refractivity contribution in [2.45, 2.75) is 44.8 Å². The van der Waals surface area contributed by atoms with Crippen molar-refractivity contribution in [3.63, 3.8) is 0 Å². The number of rotatable bonds is 6. The third-order valence-corrected chi connectivity index (χ3v) is 5.45. The molecule has 3 rings (SSSR count). The number of nitrogens with one attached hydrogen (secondary N) is 1. The molecule has 2 aromatic rings. The molecule has 0 atom stereocenters. The molecule has 3 nitrogen and oxygen atoms in total. The molecule has 0 aromatic heterocycles. The summed E-state index contributed by atoms with van der Waals surface area (Å²) in [7, 11) is 0. The van der Waals surface area contributed by atoms with Crippen LogP contribution in [0.5, 0.6) is 0 Å². The molecule has 6 heteroatoms. The minimum atomic E-state index is -4.37. The molecule has 1 heterocycles. The van der Waals surface area contributed by atoms with E-state index in [1.165, 1.54) is 25.0 Å².